The zero-order valence-electron chi connectivity index (χ0n) is 11.2. The first-order valence-electron chi connectivity index (χ1n) is 7.13. The topological polar surface area (TPSA) is 41.3 Å². The third kappa shape index (κ3) is 2.96. The molecule has 0 spiro atoms. The van der Waals surface area contributed by atoms with Gasteiger partial charge in [0.1, 0.15) is 0 Å². The molecule has 19 heavy (non-hydrogen) atoms. The van der Waals surface area contributed by atoms with Crippen molar-refractivity contribution in [2.24, 2.45) is 0 Å². The van der Waals surface area contributed by atoms with Crippen molar-refractivity contribution in [1.29, 1.82) is 0 Å². The van der Waals surface area contributed by atoms with Crippen LogP contribution in [0.15, 0.2) is 30.6 Å². The lowest BCUT2D eigenvalue weighted by Crippen LogP contribution is -2.38. The maximum atomic E-state index is 9.65. The Labute approximate surface area is 113 Å². The average Bonchev–Trinajstić information content (AvgIpc) is 2.83. The van der Waals surface area contributed by atoms with Crippen LogP contribution in [-0.4, -0.2) is 45.3 Å². The fourth-order valence-corrected chi connectivity index (χ4v) is 2.89. The number of benzene rings is 1. The van der Waals surface area contributed by atoms with Crippen molar-refractivity contribution in [3.05, 3.63) is 30.6 Å². The van der Waals surface area contributed by atoms with Gasteiger partial charge in [0.2, 0.25) is 0 Å². The number of fused-ring (bicyclic) bond motifs is 1. The average molecular weight is 259 g/mol. The fraction of sp³-hybridized carbons (Fsp3) is 0.533. The van der Waals surface area contributed by atoms with E-state index in [1.807, 2.05) is 18.5 Å². The zero-order valence-corrected chi connectivity index (χ0v) is 11.2. The third-order valence-corrected chi connectivity index (χ3v) is 3.88. The largest absolute Gasteiger partial charge is 0.392 e. The summed E-state index contributed by atoms with van der Waals surface area (Å²) in [6.07, 6.45) is 4.99. The number of rotatable bonds is 4. The van der Waals surface area contributed by atoms with Gasteiger partial charge < -0.3 is 14.6 Å². The molecule has 1 atom stereocenters. The van der Waals surface area contributed by atoms with E-state index in [1.165, 1.54) is 5.52 Å². The second-order valence-electron chi connectivity index (χ2n) is 5.38. The van der Waals surface area contributed by atoms with Gasteiger partial charge in [0, 0.05) is 13.1 Å². The van der Waals surface area contributed by atoms with Crippen LogP contribution < -0.4 is 0 Å². The number of aryl methyl sites for hydroxylation is 1. The quantitative estimate of drug-likeness (QED) is 0.911. The van der Waals surface area contributed by atoms with Crippen molar-refractivity contribution < 1.29 is 5.11 Å². The van der Waals surface area contributed by atoms with Crippen LogP contribution in [0.3, 0.4) is 0 Å². The number of piperidine rings is 1. The predicted molar refractivity (Wildman–Crippen MR) is 76.0 cm³/mol. The molecule has 0 bridgehead atoms. The molecule has 3 rings (SSSR count). The molecule has 4 heteroatoms. The number of hydrogen-bond acceptors (Lipinski definition) is 3. The molecule has 0 radical (unpaired) electrons. The SMILES string of the molecule is OC1CCCN(CCCn2cnc3ccccc32)C1. The van der Waals surface area contributed by atoms with Gasteiger partial charge in [-0.05, 0) is 44.5 Å². The molecule has 1 aromatic carbocycles. The maximum absolute atomic E-state index is 9.65. The third-order valence-electron chi connectivity index (χ3n) is 3.88. The van der Waals surface area contributed by atoms with E-state index in [-0.39, 0.29) is 6.10 Å². The van der Waals surface area contributed by atoms with Gasteiger partial charge in [0.25, 0.3) is 0 Å². The fourth-order valence-electron chi connectivity index (χ4n) is 2.89. The number of aliphatic hydroxyl groups is 1. The molecule has 1 unspecified atom stereocenters. The highest BCUT2D eigenvalue weighted by Crippen LogP contribution is 2.13. The summed E-state index contributed by atoms with van der Waals surface area (Å²) < 4.78 is 2.22. The molecule has 0 aliphatic carbocycles. The van der Waals surface area contributed by atoms with Crippen LogP contribution in [0, 0.1) is 0 Å². The summed E-state index contributed by atoms with van der Waals surface area (Å²) in [6, 6.07) is 8.25. The van der Waals surface area contributed by atoms with E-state index < -0.39 is 0 Å². The molecule has 1 aliphatic rings. The van der Waals surface area contributed by atoms with Gasteiger partial charge in [-0.2, -0.15) is 0 Å². The normalized spacial score (nSPS) is 21.0. The van der Waals surface area contributed by atoms with Crippen molar-refractivity contribution >= 4 is 11.0 Å². The van der Waals surface area contributed by atoms with Crippen LogP contribution in [0.5, 0.6) is 0 Å². The number of likely N-dealkylation sites (tertiary alicyclic amines) is 1. The molecular weight excluding hydrogens is 238 g/mol. The number of aromatic nitrogens is 2. The second-order valence-corrected chi connectivity index (χ2v) is 5.38. The second kappa shape index (κ2) is 5.72. The summed E-state index contributed by atoms with van der Waals surface area (Å²) in [5.74, 6) is 0. The van der Waals surface area contributed by atoms with E-state index in [0.29, 0.717) is 0 Å². The summed E-state index contributed by atoms with van der Waals surface area (Å²) in [5, 5.41) is 9.65. The Morgan fingerprint density at radius 1 is 1.26 bits per heavy atom. The molecule has 0 saturated carbocycles. The minimum Gasteiger partial charge on any atom is -0.392 e. The van der Waals surface area contributed by atoms with Gasteiger partial charge in [0.05, 0.1) is 23.5 Å². The van der Waals surface area contributed by atoms with Gasteiger partial charge in [-0.3, -0.25) is 0 Å². The first-order valence-corrected chi connectivity index (χ1v) is 7.13. The van der Waals surface area contributed by atoms with E-state index in [1.54, 1.807) is 0 Å². The number of β-amino-alcohol motifs (C(OH)–C–C–N with tert-alkyl or cyclic N) is 1. The first kappa shape index (κ1) is 12.6. The summed E-state index contributed by atoms with van der Waals surface area (Å²) in [6.45, 7) is 4.02. The van der Waals surface area contributed by atoms with Crippen LogP contribution in [0.4, 0.5) is 0 Å². The lowest BCUT2D eigenvalue weighted by molar-refractivity contribution is 0.0696. The molecule has 4 nitrogen and oxygen atoms in total. The minimum atomic E-state index is -0.122. The van der Waals surface area contributed by atoms with E-state index in [0.717, 1.165) is 51.0 Å². The standard InChI is InChI=1S/C15H21N3O/c19-13-5-3-8-17(11-13)9-4-10-18-12-16-14-6-1-2-7-15(14)18/h1-2,6-7,12-13,19H,3-5,8-11H2. The van der Waals surface area contributed by atoms with Crippen molar-refractivity contribution in [3.63, 3.8) is 0 Å². The Balaban J connectivity index is 1.55. The van der Waals surface area contributed by atoms with E-state index in [2.05, 4.69) is 26.6 Å². The van der Waals surface area contributed by atoms with Crippen LogP contribution in [0.2, 0.25) is 0 Å². The maximum Gasteiger partial charge on any atom is 0.0958 e. The van der Waals surface area contributed by atoms with Gasteiger partial charge in [-0.15, -0.1) is 0 Å². The molecular formula is C15H21N3O. The summed E-state index contributed by atoms with van der Waals surface area (Å²) >= 11 is 0. The molecule has 102 valence electrons. The highest BCUT2D eigenvalue weighted by atomic mass is 16.3. The molecule has 1 N–H and O–H groups in total. The van der Waals surface area contributed by atoms with E-state index in [4.69, 9.17) is 0 Å². The van der Waals surface area contributed by atoms with Crippen LogP contribution in [-0.2, 0) is 6.54 Å². The lowest BCUT2D eigenvalue weighted by Gasteiger charge is -2.29. The summed E-state index contributed by atoms with van der Waals surface area (Å²) in [7, 11) is 0. The Bertz CT molecular complexity index is 537. The number of para-hydroxylation sites is 2. The van der Waals surface area contributed by atoms with Crippen molar-refractivity contribution in [2.45, 2.75) is 31.9 Å². The molecule has 2 heterocycles. The number of hydrogen-bond donors (Lipinski definition) is 1. The van der Waals surface area contributed by atoms with E-state index >= 15 is 0 Å². The smallest absolute Gasteiger partial charge is 0.0958 e. The summed E-state index contributed by atoms with van der Waals surface area (Å²) in [4.78, 5) is 6.77. The van der Waals surface area contributed by atoms with Gasteiger partial charge >= 0.3 is 0 Å². The Kier molecular flexibility index (Phi) is 3.80. The Hall–Kier alpha value is -1.39. The van der Waals surface area contributed by atoms with Crippen molar-refractivity contribution in [1.82, 2.24) is 14.5 Å². The van der Waals surface area contributed by atoms with Gasteiger partial charge in [-0.1, -0.05) is 12.1 Å². The molecule has 1 aromatic heterocycles. The molecule has 0 amide bonds. The van der Waals surface area contributed by atoms with Crippen molar-refractivity contribution in [3.8, 4) is 0 Å². The Morgan fingerprint density at radius 3 is 3.05 bits per heavy atom. The first-order chi connectivity index (χ1) is 9.33. The number of nitrogens with zero attached hydrogens (tertiary/aromatic N) is 3. The van der Waals surface area contributed by atoms with Crippen LogP contribution >= 0.6 is 0 Å². The molecule has 1 saturated heterocycles. The van der Waals surface area contributed by atoms with E-state index in [9.17, 15) is 5.11 Å². The molecule has 2 aromatic rings. The lowest BCUT2D eigenvalue weighted by atomic mass is 10.1. The highest BCUT2D eigenvalue weighted by molar-refractivity contribution is 5.74. The molecule has 1 fully saturated rings. The summed E-state index contributed by atoms with van der Waals surface area (Å²) in [5.41, 5.74) is 2.28. The Morgan fingerprint density at radius 2 is 2.16 bits per heavy atom. The number of aliphatic hydroxyl groups excluding tert-OH is 1. The number of imidazole rings is 1. The van der Waals surface area contributed by atoms with Crippen molar-refractivity contribution in [2.75, 3.05) is 19.6 Å². The van der Waals surface area contributed by atoms with Gasteiger partial charge in [0.15, 0.2) is 0 Å². The highest BCUT2D eigenvalue weighted by Gasteiger charge is 2.16. The zero-order chi connectivity index (χ0) is 13.1. The monoisotopic (exact) mass is 259 g/mol. The van der Waals surface area contributed by atoms with Crippen LogP contribution in [0.1, 0.15) is 19.3 Å². The molecule has 1 aliphatic heterocycles. The van der Waals surface area contributed by atoms with Crippen LogP contribution in [0.25, 0.3) is 11.0 Å². The predicted octanol–water partition coefficient (Wildman–Crippen LogP) is 1.88. The minimum absolute atomic E-state index is 0.122. The van der Waals surface area contributed by atoms with Gasteiger partial charge in [-0.25, -0.2) is 4.98 Å².